The molecule has 4 aromatic heterocycles. The van der Waals surface area contributed by atoms with Crippen LogP contribution in [0, 0.1) is 81.6 Å². The van der Waals surface area contributed by atoms with Crippen molar-refractivity contribution in [1.82, 2.24) is 101 Å². The van der Waals surface area contributed by atoms with Gasteiger partial charge in [0.25, 0.3) is 0 Å². The average Bonchev–Trinajstić information content (AvgIpc) is 1.37. The minimum Gasteiger partial charge on any atom is -0.693 e. The largest absolute Gasteiger partial charge is 2.00 e. The maximum Gasteiger partial charge on any atom is 2.00 e. The first-order valence-electron chi connectivity index (χ1n) is 32.3. The summed E-state index contributed by atoms with van der Waals surface area (Å²) in [6.07, 6.45) is 3.86. The summed E-state index contributed by atoms with van der Waals surface area (Å²) in [7, 11) is 22.5. The summed E-state index contributed by atoms with van der Waals surface area (Å²) in [5, 5.41) is 52.8. The third kappa shape index (κ3) is 27.4. The van der Waals surface area contributed by atoms with Gasteiger partial charge in [0.1, 0.15) is 0 Å². The average molecular weight is 2100 g/mol. The van der Waals surface area contributed by atoms with Crippen LogP contribution in [0.25, 0.3) is 6.15 Å². The van der Waals surface area contributed by atoms with E-state index in [-0.39, 0.29) is 181 Å². The minimum absolute atomic E-state index is 0. The molecule has 552 valence electrons. The van der Waals surface area contributed by atoms with Gasteiger partial charge in [-0.1, -0.05) is 223 Å². The van der Waals surface area contributed by atoms with Crippen molar-refractivity contribution in [2.45, 2.75) is 144 Å². The molecule has 4 saturated heterocycles. The summed E-state index contributed by atoms with van der Waals surface area (Å²) in [5.74, 6) is 4.93. The van der Waals surface area contributed by atoms with E-state index in [0.717, 1.165) is 101 Å². The number of rotatable bonds is 8. The second kappa shape index (κ2) is 57.8. The van der Waals surface area contributed by atoms with Crippen LogP contribution in [-0.2, 0) is 120 Å². The summed E-state index contributed by atoms with van der Waals surface area (Å²) in [5.41, 5.74) is 4.45. The number of likely N-dealkylation sites (tertiary alicyclic amines) is 4. The number of aromatic nitrogens is 16. The topological polar surface area (TPSA) is 232 Å². The molecule has 12 rings (SSSR count). The fourth-order valence-electron chi connectivity index (χ4n) is 13.2. The molecule has 4 aliphatic rings. The third-order valence-electron chi connectivity index (χ3n) is 17.4. The molecule has 0 spiro atoms. The Hall–Kier alpha value is -2.43. The van der Waals surface area contributed by atoms with E-state index in [9.17, 15) is 0 Å². The molecule has 4 aliphatic heterocycles. The van der Waals surface area contributed by atoms with Crippen LogP contribution >= 0.6 is 19.3 Å². The molecule has 4 fully saturated rings. The molecule has 4 aromatic carbocycles. The predicted molar refractivity (Wildman–Crippen MR) is 405 cm³/mol. The molecule has 0 amide bonds. The zero-order valence-electron chi connectivity index (χ0n) is 64.7. The summed E-state index contributed by atoms with van der Waals surface area (Å²) in [6.45, 7) is 36.5. The molecular weight excluding hydrogens is 1980 g/mol. The second-order valence-corrected chi connectivity index (χ2v) is 22.6. The van der Waals surface area contributed by atoms with Gasteiger partial charge < -0.3 is 55.5 Å². The number of hydrogen-bond donors (Lipinski definition) is 1. The Bertz CT molecular complexity index is 3040. The van der Waals surface area contributed by atoms with Crippen molar-refractivity contribution in [2.24, 2.45) is 37.8 Å². The van der Waals surface area contributed by atoms with Gasteiger partial charge in [0.05, 0.1) is 28.7 Å². The Morgan fingerprint density at radius 1 is 0.420 bits per heavy atom. The number of nitrogens with one attached hydrogen (secondary N) is 1. The van der Waals surface area contributed by atoms with E-state index in [1.54, 1.807) is 4.80 Å². The standard InChI is InChI=1S/2C15H20N5.C14H19N5P.C14H18N5.5C2H6.4CH3.H2N.Na.H3P.4W/c1-12-11-19(2)10-9-15(12,13-7-5-4-6-8-13)14-16-17-18-20(14)3;1-12-11-19(2)10-9-15(12,13-7-5-4-6-8-13)14-16-18-20(3)17-14;1-11-10-18(2)9-8-14(11,12-6-4-3-5-7-12)13-15-17-19(20)16-13;1-11-10-19(2)9-8-14(11,13-15-17-18-16-13)12-6-4-3-5-7-12;5*1-2;;;;;;;;;;;/h2*4-8,12H,2,9-11H2,1,3H3;3-7,11H,2,8-10,20H2,1H3;3-7,11H,2,8-10H2,1H3,(H,15,16,17,18);5*1-2H3;4*1H3;1H2;;1H3;;;;/q4*-1;;;;;;5*-1;+1;;4*+2. The van der Waals surface area contributed by atoms with E-state index in [1.807, 2.05) is 112 Å². The fraction of sp³-hybridized carbons (Fsp3) is 0.500. The molecule has 100 heavy (non-hydrogen) atoms. The molecule has 28 heteroatoms. The molecular formula is C72H124N21NaP2W4. The van der Waals surface area contributed by atoms with E-state index in [4.69, 9.17) is 0 Å². The summed E-state index contributed by atoms with van der Waals surface area (Å²) >= 11 is 0. The van der Waals surface area contributed by atoms with Crippen molar-refractivity contribution in [2.75, 3.05) is 52.4 Å². The van der Waals surface area contributed by atoms with Crippen LogP contribution in [0.3, 0.4) is 0 Å². The first-order valence-corrected chi connectivity index (χ1v) is 32.9. The molecule has 8 heterocycles. The van der Waals surface area contributed by atoms with E-state index in [1.165, 1.54) is 26.8 Å². The Morgan fingerprint density at radius 3 is 0.960 bits per heavy atom. The molecule has 0 bridgehead atoms. The maximum absolute atomic E-state index is 4.51. The maximum atomic E-state index is 4.51. The van der Waals surface area contributed by atoms with Gasteiger partial charge in [-0.15, -0.1) is 35.7 Å². The summed E-state index contributed by atoms with van der Waals surface area (Å²) in [4.78, 5) is 10.0. The van der Waals surface area contributed by atoms with Gasteiger partial charge in [-0.25, -0.2) is 4.68 Å². The van der Waals surface area contributed by atoms with Crippen LogP contribution in [0.15, 0.2) is 121 Å². The van der Waals surface area contributed by atoms with Gasteiger partial charge in [-0.3, -0.25) is 28.2 Å². The van der Waals surface area contributed by atoms with Crippen LogP contribution < -0.4 is 29.6 Å². The van der Waals surface area contributed by atoms with Crippen molar-refractivity contribution in [3.05, 3.63) is 231 Å². The van der Waals surface area contributed by atoms with E-state index in [0.29, 0.717) is 23.7 Å². The Kier molecular flexibility index (Phi) is 65.5. The number of tetrazole rings is 4. The molecule has 0 radical (unpaired) electrons. The van der Waals surface area contributed by atoms with Crippen LogP contribution in [0.1, 0.15) is 168 Å². The van der Waals surface area contributed by atoms with Crippen molar-refractivity contribution in [3.63, 3.8) is 0 Å². The van der Waals surface area contributed by atoms with Crippen molar-refractivity contribution in [1.29, 1.82) is 0 Å². The summed E-state index contributed by atoms with van der Waals surface area (Å²) < 4.78 is 3.27. The SMILES string of the molecule is CC.CC.CC.CC.CC.P.[CH2-]N1CCC(c2ccccc2)(c2nn[nH]n2)C(C)C1.[CH2-]N1CCC(c2ccccc2)(c2nnn(C)n2)C(C)C1.[CH2-]N1CCC(c2ccccc2)(c2nnn(P)n2)C(C)C1.[CH2-]N1CCC(c2ccccc2)(c2nnnn2C)C(C)C1.[CH3-].[CH3-].[CH3-].[CH3-].[NH2-].[Na+].[W+2].[W+2].[W+2].[W+2]. The van der Waals surface area contributed by atoms with Gasteiger partial charge in [-0.2, -0.15) is 24.5 Å². The number of nitrogens with zero attached hydrogens (tertiary/aromatic N) is 19. The van der Waals surface area contributed by atoms with Gasteiger partial charge in [0.2, 0.25) is 0 Å². The number of benzene rings is 4. The normalized spacial score (nSPS) is 22.3. The first-order chi connectivity index (χ1) is 43.1. The van der Waals surface area contributed by atoms with E-state index < -0.39 is 0 Å². The number of aromatic amines is 1. The molecule has 0 saturated carbocycles. The van der Waals surface area contributed by atoms with Crippen molar-refractivity contribution >= 4 is 19.3 Å². The quantitative estimate of drug-likeness (QED) is 0.0846. The molecule has 10 atom stereocenters. The monoisotopic (exact) mass is 2100 g/mol. The molecule has 3 N–H and O–H groups in total. The predicted octanol–water partition coefficient (Wildman–Crippen LogP) is 11.3. The third-order valence-corrected chi connectivity index (χ3v) is 17.7. The Labute approximate surface area is 692 Å². The van der Waals surface area contributed by atoms with E-state index in [2.05, 4.69) is 249 Å². The van der Waals surface area contributed by atoms with Gasteiger partial charge >= 0.3 is 114 Å². The van der Waals surface area contributed by atoms with Crippen LogP contribution in [-0.4, -0.2) is 153 Å². The number of piperidine rings is 4. The number of aryl methyl sites for hydroxylation is 2. The van der Waals surface area contributed by atoms with Crippen molar-refractivity contribution < 1.29 is 114 Å². The first kappa shape index (κ1) is 113. The Morgan fingerprint density at radius 2 is 0.710 bits per heavy atom. The zero-order chi connectivity index (χ0) is 65.8. The second-order valence-electron chi connectivity index (χ2n) is 22.2. The van der Waals surface area contributed by atoms with Gasteiger partial charge in [0.15, 0.2) is 23.3 Å². The van der Waals surface area contributed by atoms with Crippen LogP contribution in [0.5, 0.6) is 0 Å². The van der Waals surface area contributed by atoms with Crippen LogP contribution in [0.4, 0.5) is 0 Å². The molecule has 10 unspecified atom stereocenters. The van der Waals surface area contributed by atoms with Gasteiger partial charge in [0, 0.05) is 16.4 Å². The van der Waals surface area contributed by atoms with Crippen molar-refractivity contribution in [3.8, 4) is 0 Å². The van der Waals surface area contributed by atoms with Gasteiger partial charge in [-0.05, 0) is 145 Å². The van der Waals surface area contributed by atoms with Crippen LogP contribution in [0.2, 0.25) is 0 Å². The number of hydrogen-bond acceptors (Lipinski definition) is 16. The fourth-order valence-corrected chi connectivity index (χ4v) is 13.3. The molecule has 0 aliphatic carbocycles. The molecule has 21 nitrogen and oxygen atoms in total. The summed E-state index contributed by atoms with van der Waals surface area (Å²) in [6, 6.07) is 42.2. The number of nitrogens with two attached hydrogens (primary N) is 1. The zero-order valence-corrected chi connectivity index (χ0v) is 81.0. The van der Waals surface area contributed by atoms with E-state index >= 15 is 0 Å². The minimum atomic E-state index is -0.176. The Balaban J connectivity index is -0.000000174. The smallest absolute Gasteiger partial charge is 0.693 e. The molecule has 8 aromatic rings. The number of H-pyrrole nitrogens is 1.